The summed E-state index contributed by atoms with van der Waals surface area (Å²) in [5.74, 6) is 1.27. The van der Waals surface area contributed by atoms with Crippen molar-refractivity contribution in [3.05, 3.63) is 34.9 Å². The summed E-state index contributed by atoms with van der Waals surface area (Å²) < 4.78 is 0. The Morgan fingerprint density at radius 3 is 2.38 bits per heavy atom. The number of nitrogens with one attached hydrogen (secondary N) is 1. The van der Waals surface area contributed by atoms with Crippen molar-refractivity contribution in [1.82, 2.24) is 15.0 Å². The molecule has 1 heterocycles. The van der Waals surface area contributed by atoms with E-state index in [-0.39, 0.29) is 5.95 Å². The van der Waals surface area contributed by atoms with Crippen molar-refractivity contribution in [2.24, 2.45) is 0 Å². The van der Waals surface area contributed by atoms with Crippen LogP contribution in [0.2, 0.25) is 5.02 Å². The standard InChI is InChI=1S/C14H19ClN6/c1-3-21(4-2)14-19-12(16)18-13(20-14)17-9-10-5-7-11(15)8-6-10/h5-8H,3-4,9H2,1-2H3,(H3,16,17,18,19,20). The van der Waals surface area contributed by atoms with Crippen LogP contribution in [-0.2, 0) is 6.54 Å². The van der Waals surface area contributed by atoms with E-state index < -0.39 is 0 Å². The van der Waals surface area contributed by atoms with E-state index in [9.17, 15) is 0 Å². The highest BCUT2D eigenvalue weighted by molar-refractivity contribution is 6.30. The van der Waals surface area contributed by atoms with Crippen LogP contribution in [0.15, 0.2) is 24.3 Å². The third-order valence-electron chi connectivity index (χ3n) is 3.05. The van der Waals surface area contributed by atoms with E-state index in [0.29, 0.717) is 23.5 Å². The molecule has 0 radical (unpaired) electrons. The predicted octanol–water partition coefficient (Wildman–Crippen LogP) is 2.57. The summed E-state index contributed by atoms with van der Waals surface area (Å²) in [5.41, 5.74) is 6.84. The van der Waals surface area contributed by atoms with Crippen LogP contribution < -0.4 is 16.0 Å². The maximum atomic E-state index is 5.86. The Balaban J connectivity index is 2.10. The van der Waals surface area contributed by atoms with E-state index in [1.807, 2.05) is 43.0 Å². The SMILES string of the molecule is CCN(CC)c1nc(N)nc(NCc2ccc(Cl)cc2)n1. The van der Waals surface area contributed by atoms with Crippen molar-refractivity contribution in [3.63, 3.8) is 0 Å². The van der Waals surface area contributed by atoms with Crippen molar-refractivity contribution in [1.29, 1.82) is 0 Å². The van der Waals surface area contributed by atoms with Crippen LogP contribution in [0.25, 0.3) is 0 Å². The van der Waals surface area contributed by atoms with E-state index in [4.69, 9.17) is 17.3 Å². The largest absolute Gasteiger partial charge is 0.368 e. The van der Waals surface area contributed by atoms with E-state index in [1.165, 1.54) is 0 Å². The molecule has 0 bridgehead atoms. The molecule has 0 fully saturated rings. The number of hydrogen-bond donors (Lipinski definition) is 2. The van der Waals surface area contributed by atoms with Gasteiger partial charge in [-0.3, -0.25) is 0 Å². The number of aromatic nitrogens is 3. The highest BCUT2D eigenvalue weighted by Crippen LogP contribution is 2.14. The fourth-order valence-corrected chi connectivity index (χ4v) is 2.02. The summed E-state index contributed by atoms with van der Waals surface area (Å²) in [6, 6.07) is 7.60. The minimum atomic E-state index is 0.213. The quantitative estimate of drug-likeness (QED) is 0.854. The normalized spacial score (nSPS) is 10.4. The molecule has 0 amide bonds. The molecule has 0 aliphatic carbocycles. The third-order valence-corrected chi connectivity index (χ3v) is 3.30. The highest BCUT2D eigenvalue weighted by atomic mass is 35.5. The number of nitrogens with zero attached hydrogens (tertiary/aromatic N) is 4. The second-order valence-corrected chi connectivity index (χ2v) is 4.91. The topological polar surface area (TPSA) is 80.0 Å². The number of nitrogen functional groups attached to an aromatic ring is 1. The van der Waals surface area contributed by atoms with Gasteiger partial charge in [-0.1, -0.05) is 23.7 Å². The Labute approximate surface area is 129 Å². The minimum absolute atomic E-state index is 0.213. The van der Waals surface area contributed by atoms with Crippen molar-refractivity contribution in [3.8, 4) is 0 Å². The first kappa shape index (κ1) is 15.3. The maximum absolute atomic E-state index is 5.86. The van der Waals surface area contributed by atoms with Gasteiger partial charge < -0.3 is 16.0 Å². The van der Waals surface area contributed by atoms with Crippen LogP contribution in [-0.4, -0.2) is 28.0 Å². The van der Waals surface area contributed by atoms with Gasteiger partial charge in [-0.2, -0.15) is 15.0 Å². The summed E-state index contributed by atoms with van der Waals surface area (Å²) in [4.78, 5) is 14.7. The van der Waals surface area contributed by atoms with Crippen molar-refractivity contribution in [2.45, 2.75) is 20.4 Å². The lowest BCUT2D eigenvalue weighted by molar-refractivity contribution is 0.814. The molecule has 2 aromatic rings. The number of halogens is 1. The monoisotopic (exact) mass is 306 g/mol. The van der Waals surface area contributed by atoms with Crippen molar-refractivity contribution < 1.29 is 0 Å². The third kappa shape index (κ3) is 4.19. The van der Waals surface area contributed by atoms with Crippen LogP contribution >= 0.6 is 11.6 Å². The summed E-state index contributed by atoms with van der Waals surface area (Å²) in [6.07, 6.45) is 0. The molecule has 0 unspecified atom stereocenters. The lowest BCUT2D eigenvalue weighted by Crippen LogP contribution is -2.25. The van der Waals surface area contributed by atoms with Crippen LogP contribution in [0.5, 0.6) is 0 Å². The second kappa shape index (κ2) is 7.08. The molecule has 0 atom stereocenters. The fraction of sp³-hybridized carbons (Fsp3) is 0.357. The molecule has 21 heavy (non-hydrogen) atoms. The van der Waals surface area contributed by atoms with Gasteiger partial charge in [0.1, 0.15) is 0 Å². The summed E-state index contributed by atoms with van der Waals surface area (Å²) in [7, 11) is 0. The van der Waals surface area contributed by atoms with Gasteiger partial charge in [0.15, 0.2) is 0 Å². The first-order chi connectivity index (χ1) is 10.1. The molecule has 1 aromatic carbocycles. The molecular weight excluding hydrogens is 288 g/mol. The number of anilines is 3. The summed E-state index contributed by atoms with van der Waals surface area (Å²) in [6.45, 7) is 6.32. The van der Waals surface area contributed by atoms with Gasteiger partial charge in [0.25, 0.3) is 0 Å². The number of nitrogens with two attached hydrogens (primary N) is 1. The molecule has 0 spiro atoms. The molecule has 0 aliphatic heterocycles. The molecule has 112 valence electrons. The van der Waals surface area contributed by atoms with E-state index in [0.717, 1.165) is 18.7 Å². The number of hydrogen-bond acceptors (Lipinski definition) is 6. The fourth-order valence-electron chi connectivity index (χ4n) is 1.89. The minimum Gasteiger partial charge on any atom is -0.368 e. The van der Waals surface area contributed by atoms with E-state index in [2.05, 4.69) is 20.3 Å². The zero-order chi connectivity index (χ0) is 15.2. The average Bonchev–Trinajstić information content (AvgIpc) is 2.47. The molecule has 0 saturated heterocycles. The van der Waals surface area contributed by atoms with Crippen molar-refractivity contribution >= 4 is 29.4 Å². The van der Waals surface area contributed by atoms with Crippen molar-refractivity contribution in [2.75, 3.05) is 29.0 Å². The molecule has 0 saturated carbocycles. The van der Waals surface area contributed by atoms with Crippen LogP contribution in [0.4, 0.5) is 17.8 Å². The lowest BCUT2D eigenvalue weighted by atomic mass is 10.2. The average molecular weight is 307 g/mol. The Morgan fingerprint density at radius 1 is 1.10 bits per heavy atom. The summed E-state index contributed by atoms with van der Waals surface area (Å²) in [5, 5.41) is 3.87. The van der Waals surface area contributed by atoms with Gasteiger partial charge >= 0.3 is 0 Å². The van der Waals surface area contributed by atoms with E-state index >= 15 is 0 Å². The first-order valence-corrected chi connectivity index (χ1v) is 7.25. The molecule has 6 nitrogen and oxygen atoms in total. The van der Waals surface area contributed by atoms with Gasteiger partial charge in [0.05, 0.1) is 0 Å². The zero-order valence-corrected chi connectivity index (χ0v) is 12.9. The molecule has 0 aliphatic rings. The molecule has 7 heteroatoms. The van der Waals surface area contributed by atoms with Gasteiger partial charge in [-0.05, 0) is 31.5 Å². The zero-order valence-electron chi connectivity index (χ0n) is 12.2. The van der Waals surface area contributed by atoms with Crippen LogP contribution in [0.1, 0.15) is 19.4 Å². The van der Waals surface area contributed by atoms with Gasteiger partial charge in [-0.15, -0.1) is 0 Å². The Hall–Kier alpha value is -2.08. The van der Waals surface area contributed by atoms with Crippen LogP contribution in [0.3, 0.4) is 0 Å². The lowest BCUT2D eigenvalue weighted by Gasteiger charge is -2.19. The second-order valence-electron chi connectivity index (χ2n) is 4.47. The van der Waals surface area contributed by atoms with E-state index in [1.54, 1.807) is 0 Å². The van der Waals surface area contributed by atoms with Crippen LogP contribution in [0, 0.1) is 0 Å². The Morgan fingerprint density at radius 2 is 1.76 bits per heavy atom. The molecular formula is C14H19ClN6. The predicted molar refractivity (Wildman–Crippen MR) is 86.6 cm³/mol. The summed E-state index contributed by atoms with van der Waals surface area (Å²) >= 11 is 5.86. The Kier molecular flexibility index (Phi) is 5.16. The molecule has 2 rings (SSSR count). The highest BCUT2D eigenvalue weighted by Gasteiger charge is 2.09. The maximum Gasteiger partial charge on any atom is 0.231 e. The molecule has 1 aromatic heterocycles. The number of rotatable bonds is 6. The number of benzene rings is 1. The smallest absolute Gasteiger partial charge is 0.231 e. The molecule has 3 N–H and O–H groups in total. The first-order valence-electron chi connectivity index (χ1n) is 6.87. The van der Waals surface area contributed by atoms with Gasteiger partial charge in [0, 0.05) is 24.7 Å². The van der Waals surface area contributed by atoms with Gasteiger partial charge in [0.2, 0.25) is 17.8 Å². The Bertz CT molecular complexity index is 583. The van der Waals surface area contributed by atoms with Gasteiger partial charge in [-0.25, -0.2) is 0 Å².